The fourth-order valence-corrected chi connectivity index (χ4v) is 0.964. The topological polar surface area (TPSA) is 83.4 Å². The molecule has 0 aromatic rings. The van der Waals surface area contributed by atoms with Crippen LogP contribution in [0.2, 0.25) is 0 Å². The Kier molecular flexibility index (Phi) is 7.96. The first-order valence-corrected chi connectivity index (χ1v) is 4.78. The molecule has 0 aliphatic heterocycles. The summed E-state index contributed by atoms with van der Waals surface area (Å²) in [7, 11) is 3.51. The molecule has 86 valence electrons. The molecule has 0 amide bonds. The van der Waals surface area contributed by atoms with Gasteiger partial charge in [-0.05, 0) is 20.9 Å². The number of hydrogen-bond donors (Lipinski definition) is 5. The van der Waals surface area contributed by atoms with E-state index in [0.717, 1.165) is 6.67 Å². The molecule has 0 fully saturated rings. The molecule has 6 nitrogen and oxygen atoms in total. The fraction of sp³-hybridized carbons (Fsp3) is 1.00. The minimum atomic E-state index is -0.241. The first-order valence-electron chi connectivity index (χ1n) is 4.78. The summed E-state index contributed by atoms with van der Waals surface area (Å²) < 4.78 is 5.15. The molecule has 0 heterocycles. The van der Waals surface area contributed by atoms with Crippen LogP contribution in [0.4, 0.5) is 0 Å². The Morgan fingerprint density at radius 3 is 2.36 bits per heavy atom. The summed E-state index contributed by atoms with van der Waals surface area (Å²) in [6.45, 7) is 4.61. The zero-order valence-electron chi connectivity index (χ0n) is 9.42. The maximum absolute atomic E-state index is 5.58. The van der Waals surface area contributed by atoms with Gasteiger partial charge < -0.3 is 15.8 Å². The van der Waals surface area contributed by atoms with Crippen LogP contribution in [-0.4, -0.2) is 39.5 Å². The Labute approximate surface area is 85.9 Å². The van der Waals surface area contributed by atoms with Gasteiger partial charge in [0.05, 0.1) is 12.3 Å². The van der Waals surface area contributed by atoms with Crippen molar-refractivity contribution < 1.29 is 4.74 Å². The molecule has 0 radical (unpaired) electrons. The SMILES string of the molecule is CNCNC(C)NC(NC(C)N)OC. The van der Waals surface area contributed by atoms with Crippen molar-refractivity contribution in [2.45, 2.75) is 32.5 Å². The minimum Gasteiger partial charge on any atom is -0.353 e. The second-order valence-corrected chi connectivity index (χ2v) is 3.19. The quantitative estimate of drug-likeness (QED) is 0.311. The molecule has 0 saturated heterocycles. The molecule has 0 aromatic carbocycles. The maximum atomic E-state index is 5.58. The lowest BCUT2D eigenvalue weighted by Gasteiger charge is -2.25. The highest BCUT2D eigenvalue weighted by Gasteiger charge is 2.10. The van der Waals surface area contributed by atoms with E-state index in [1.807, 2.05) is 20.9 Å². The zero-order chi connectivity index (χ0) is 11.0. The third-order valence-electron chi connectivity index (χ3n) is 1.64. The largest absolute Gasteiger partial charge is 0.353 e. The van der Waals surface area contributed by atoms with E-state index in [-0.39, 0.29) is 18.7 Å². The highest BCUT2D eigenvalue weighted by Crippen LogP contribution is 1.83. The molecule has 0 bridgehead atoms. The van der Waals surface area contributed by atoms with Gasteiger partial charge in [-0.15, -0.1) is 0 Å². The Balaban J connectivity index is 3.68. The van der Waals surface area contributed by atoms with Crippen molar-refractivity contribution in [3.05, 3.63) is 0 Å². The number of nitrogens with two attached hydrogens (primary N) is 1. The first kappa shape index (κ1) is 13.8. The van der Waals surface area contributed by atoms with E-state index < -0.39 is 0 Å². The molecule has 0 aliphatic rings. The van der Waals surface area contributed by atoms with Crippen LogP contribution in [0.15, 0.2) is 0 Å². The zero-order valence-corrected chi connectivity index (χ0v) is 9.42. The third-order valence-corrected chi connectivity index (χ3v) is 1.64. The van der Waals surface area contributed by atoms with Gasteiger partial charge >= 0.3 is 0 Å². The molecule has 3 unspecified atom stereocenters. The van der Waals surface area contributed by atoms with Crippen molar-refractivity contribution in [1.29, 1.82) is 0 Å². The van der Waals surface area contributed by atoms with Crippen LogP contribution in [0.3, 0.4) is 0 Å². The van der Waals surface area contributed by atoms with Crippen LogP contribution in [-0.2, 0) is 4.74 Å². The molecular weight excluding hydrogens is 182 g/mol. The molecule has 0 rings (SSSR count). The maximum Gasteiger partial charge on any atom is 0.165 e. The average molecular weight is 205 g/mol. The predicted octanol–water partition coefficient (Wildman–Crippen LogP) is -1.49. The van der Waals surface area contributed by atoms with Crippen molar-refractivity contribution in [2.75, 3.05) is 20.8 Å². The van der Waals surface area contributed by atoms with E-state index >= 15 is 0 Å². The van der Waals surface area contributed by atoms with Gasteiger partial charge in [-0.25, -0.2) is 0 Å². The summed E-state index contributed by atoms with van der Waals surface area (Å²) in [5.74, 6) is 0. The summed E-state index contributed by atoms with van der Waals surface area (Å²) in [6, 6.07) is 0. The van der Waals surface area contributed by atoms with Crippen molar-refractivity contribution in [3.63, 3.8) is 0 Å². The first-order chi connectivity index (χ1) is 6.60. The van der Waals surface area contributed by atoms with Crippen LogP contribution in [0.25, 0.3) is 0 Å². The molecule has 14 heavy (non-hydrogen) atoms. The summed E-state index contributed by atoms with van der Waals surface area (Å²) in [5, 5.41) is 12.4. The summed E-state index contributed by atoms with van der Waals surface area (Å²) in [6.07, 6.45) is -0.211. The van der Waals surface area contributed by atoms with Crippen LogP contribution >= 0.6 is 0 Å². The van der Waals surface area contributed by atoms with Crippen LogP contribution in [0.1, 0.15) is 13.8 Å². The third kappa shape index (κ3) is 7.19. The van der Waals surface area contributed by atoms with Gasteiger partial charge in [-0.3, -0.25) is 16.0 Å². The van der Waals surface area contributed by atoms with Gasteiger partial charge in [-0.1, -0.05) is 0 Å². The van der Waals surface area contributed by atoms with E-state index in [9.17, 15) is 0 Å². The molecule has 0 aliphatic carbocycles. The molecule has 3 atom stereocenters. The summed E-state index contributed by atoms with van der Waals surface area (Å²) >= 11 is 0. The number of ether oxygens (including phenoxy) is 1. The Morgan fingerprint density at radius 1 is 1.29 bits per heavy atom. The molecule has 0 spiro atoms. The predicted molar refractivity (Wildman–Crippen MR) is 57.2 cm³/mol. The monoisotopic (exact) mass is 205 g/mol. The van der Waals surface area contributed by atoms with Gasteiger partial charge in [-0.2, -0.15) is 0 Å². The molecule has 6 heteroatoms. The Morgan fingerprint density at radius 2 is 1.93 bits per heavy atom. The minimum absolute atomic E-state index is 0.107. The van der Waals surface area contributed by atoms with E-state index in [4.69, 9.17) is 10.5 Å². The highest BCUT2D eigenvalue weighted by atomic mass is 16.5. The van der Waals surface area contributed by atoms with Gasteiger partial charge in [0.25, 0.3) is 0 Å². The van der Waals surface area contributed by atoms with E-state index in [1.165, 1.54) is 0 Å². The lowest BCUT2D eigenvalue weighted by Crippen LogP contribution is -2.56. The van der Waals surface area contributed by atoms with Crippen LogP contribution < -0.4 is 27.0 Å². The number of nitrogens with one attached hydrogen (secondary N) is 4. The van der Waals surface area contributed by atoms with Crippen molar-refractivity contribution in [2.24, 2.45) is 5.73 Å². The Bertz CT molecular complexity index is 133. The molecule has 6 N–H and O–H groups in total. The standard InChI is InChI=1S/C8H23N5O/c1-6(9)12-8(14-4)13-7(2)11-5-10-3/h6-8,10-13H,5,9H2,1-4H3. The second-order valence-electron chi connectivity index (χ2n) is 3.19. The molecular formula is C8H23N5O. The number of rotatable bonds is 8. The normalized spacial score (nSPS) is 17.8. The lowest BCUT2D eigenvalue weighted by atomic mass is 10.5. The van der Waals surface area contributed by atoms with Crippen LogP contribution in [0.5, 0.6) is 0 Å². The van der Waals surface area contributed by atoms with E-state index in [1.54, 1.807) is 7.11 Å². The fourth-order valence-electron chi connectivity index (χ4n) is 0.964. The van der Waals surface area contributed by atoms with E-state index in [0.29, 0.717) is 0 Å². The van der Waals surface area contributed by atoms with E-state index in [2.05, 4.69) is 21.3 Å². The van der Waals surface area contributed by atoms with Gasteiger partial charge in [0.2, 0.25) is 0 Å². The molecule has 0 aromatic heterocycles. The number of methoxy groups -OCH3 is 1. The lowest BCUT2D eigenvalue weighted by molar-refractivity contribution is 0.0267. The van der Waals surface area contributed by atoms with Crippen LogP contribution in [0, 0.1) is 0 Å². The van der Waals surface area contributed by atoms with Gasteiger partial charge in [0, 0.05) is 13.8 Å². The number of hydrogen-bond acceptors (Lipinski definition) is 6. The van der Waals surface area contributed by atoms with Crippen molar-refractivity contribution in [1.82, 2.24) is 21.3 Å². The smallest absolute Gasteiger partial charge is 0.165 e. The second kappa shape index (κ2) is 8.10. The van der Waals surface area contributed by atoms with Gasteiger partial charge in [0.15, 0.2) is 6.35 Å². The Hall–Kier alpha value is -0.240. The highest BCUT2D eigenvalue weighted by molar-refractivity contribution is 4.62. The summed E-state index contributed by atoms with van der Waals surface area (Å²) in [5.41, 5.74) is 5.58. The van der Waals surface area contributed by atoms with Gasteiger partial charge in [0.1, 0.15) is 0 Å². The average Bonchev–Trinajstić information content (AvgIpc) is 2.12. The summed E-state index contributed by atoms with van der Waals surface area (Å²) in [4.78, 5) is 0. The van der Waals surface area contributed by atoms with Crippen molar-refractivity contribution in [3.8, 4) is 0 Å². The van der Waals surface area contributed by atoms with Crippen molar-refractivity contribution >= 4 is 0 Å². The molecule has 0 saturated carbocycles.